The van der Waals surface area contributed by atoms with E-state index in [0.29, 0.717) is 12.8 Å². The van der Waals surface area contributed by atoms with Gasteiger partial charge >= 0.3 is 12.2 Å². The van der Waals surface area contributed by atoms with Gasteiger partial charge in [0.05, 0.1) is 91.0 Å². The minimum Gasteiger partial charge on any atom is -0.445 e. The van der Waals surface area contributed by atoms with Gasteiger partial charge in [0.2, 0.25) is 0 Å². The maximum absolute atomic E-state index is 13.4. The highest BCUT2D eigenvalue weighted by atomic mass is 32.2. The number of benzene rings is 2. The predicted octanol–water partition coefficient (Wildman–Crippen LogP) is -0.850. The molecule has 6 heterocycles. The second kappa shape index (κ2) is 43.4. The molecule has 2 aliphatic carbocycles. The number of nitrogens with zero attached hydrogens (tertiary/aromatic N) is 3. The fourth-order valence-corrected chi connectivity index (χ4v) is 17.9. The molecule has 37 nitrogen and oxygen atoms in total. The van der Waals surface area contributed by atoms with Gasteiger partial charge in [-0.15, -0.1) is 0 Å². The lowest BCUT2D eigenvalue weighted by atomic mass is 9.77. The number of rotatable bonds is 35. The summed E-state index contributed by atoms with van der Waals surface area (Å²) in [5.41, 5.74) is 46.0. The van der Waals surface area contributed by atoms with Gasteiger partial charge in [0.1, 0.15) is 80.2 Å². The number of nitrogens with one attached hydrogen (secondary N) is 2. The molecule has 0 spiro atoms. The molecule has 112 heavy (non-hydrogen) atoms. The Balaban J connectivity index is 0.000000278. The van der Waals surface area contributed by atoms with Crippen molar-refractivity contribution in [1.82, 2.24) is 10.6 Å². The number of aliphatic hydroxyl groups excluding tert-OH is 6. The van der Waals surface area contributed by atoms with Crippen molar-refractivity contribution in [2.24, 2.45) is 57.3 Å². The van der Waals surface area contributed by atoms with Crippen molar-refractivity contribution in [2.75, 3.05) is 62.4 Å². The molecule has 4 fully saturated rings. The first kappa shape index (κ1) is 90.1. The number of hydrogen-bond donors (Lipinski definition) is 14. The summed E-state index contributed by atoms with van der Waals surface area (Å²) in [5, 5.41) is 76.4. The van der Waals surface area contributed by atoms with Gasteiger partial charge in [0, 0.05) is 42.4 Å². The zero-order valence-corrected chi connectivity index (χ0v) is 64.5. The van der Waals surface area contributed by atoms with E-state index in [1.807, 2.05) is 74.5 Å². The number of ether oxygens (including phenoxy) is 14. The third-order valence-corrected chi connectivity index (χ3v) is 24.2. The molecule has 8 aliphatic rings. The fraction of sp³-hybridized carbons (Fsp3) is 0.699. The monoisotopic (exact) mass is 1620 g/mol. The van der Waals surface area contributed by atoms with E-state index in [1.165, 1.54) is 0 Å². The van der Waals surface area contributed by atoms with Gasteiger partial charge in [-0.05, 0) is 67.6 Å². The van der Waals surface area contributed by atoms with Gasteiger partial charge in [-0.1, -0.05) is 135 Å². The molecule has 0 aromatic heterocycles. The number of alkyl carbamates (subject to hydrolysis) is 2. The average molecular weight is 1620 g/mol. The second-order valence-electron chi connectivity index (χ2n) is 28.9. The summed E-state index contributed by atoms with van der Waals surface area (Å²) >= 11 is 0. The Labute approximate surface area is 651 Å². The molecule has 10 rings (SSSR count). The van der Waals surface area contributed by atoms with Crippen LogP contribution in [0.3, 0.4) is 0 Å². The van der Waals surface area contributed by atoms with E-state index in [0.717, 1.165) is 11.1 Å². The molecular formula is C73H113N11O26S2. The van der Waals surface area contributed by atoms with Crippen LogP contribution in [0.15, 0.2) is 114 Å². The minimum absolute atomic E-state index is 0.00908. The van der Waals surface area contributed by atoms with Gasteiger partial charge in [0.25, 0.3) is 0 Å². The fourth-order valence-electron chi connectivity index (χ4n) is 14.4. The molecule has 20 N–H and O–H groups in total. The summed E-state index contributed by atoms with van der Waals surface area (Å²) in [5.74, 6) is -3.51. The van der Waals surface area contributed by atoms with Crippen LogP contribution in [0, 0.1) is 17.8 Å². The lowest BCUT2D eigenvalue weighted by molar-refractivity contribution is -0.290. The second-order valence-corrected chi connectivity index (χ2v) is 33.4. The highest BCUT2D eigenvalue weighted by Gasteiger charge is 2.56. The number of azide groups is 1. The number of carbonyl (C=O) groups excluding carboxylic acids is 2. The standard InChI is InChI=1S/C46H63N5O15S.C27H50N6O11S/c1-4-32-17-19-34(49-45(55)59-25-29-13-8-6-9-14-29)42(61-32)64-39-28(3)23-31(27-67(57,58)22-12-21-48-51-47)37(53)41(39)66-44-38(54)40(36(24-52)63-44)65-43-35(20-18-33(5-2)62-43)50-46(56)60-26-30-15-10-7-11-16-30;28-6-1-7-45(37,38)12-13-8-18(33)22(42-25-16(31)4-2-14(9-29)39-25)24(20(13)35)44-27-21(36)23(19(11-34)41-27)43-26-17(32)5-3-15(10-30)40-26/h6-11,13-20,28,31-44,52-54H,4-5,12,21-27H2,1-3H3,(H,49,55)(H,50,56);2-5,13-27,34-36H,1,6-12,28-33H2/t28-,31-,32+,33-,34+,35+,36+,37-,38+,39+,40+,41+,42+,43+,44-;13-,14-,15+,16+,17+,18-,19+,20-,21+,22+,23+,24+,25+,26+,27-/m00/s1. The predicted molar refractivity (Wildman–Crippen MR) is 401 cm³/mol. The van der Waals surface area contributed by atoms with Crippen molar-refractivity contribution < 1.29 is 123 Å². The van der Waals surface area contributed by atoms with Crippen LogP contribution in [0.25, 0.3) is 10.4 Å². The average Bonchev–Trinajstić information content (AvgIpc) is 1.31. The molecule has 30 atom stereocenters. The third-order valence-electron chi connectivity index (χ3n) is 20.5. The number of sulfone groups is 2. The maximum Gasteiger partial charge on any atom is 0.408 e. The van der Waals surface area contributed by atoms with Gasteiger partial charge in [-0.3, -0.25) is 0 Å². The summed E-state index contributed by atoms with van der Waals surface area (Å²) in [7, 11) is -7.39. The quantitative estimate of drug-likeness (QED) is 0.0131. The van der Waals surface area contributed by atoms with Crippen molar-refractivity contribution >= 4 is 31.9 Å². The molecule has 2 aromatic carbocycles. The van der Waals surface area contributed by atoms with E-state index < -0.39 is 234 Å². The molecule has 2 aromatic rings. The van der Waals surface area contributed by atoms with Crippen LogP contribution in [-0.2, 0) is 99.2 Å². The smallest absolute Gasteiger partial charge is 0.408 e. The van der Waals surface area contributed by atoms with Crippen LogP contribution in [0.2, 0.25) is 0 Å². The van der Waals surface area contributed by atoms with Crippen molar-refractivity contribution in [1.29, 1.82) is 0 Å². The SMILES string of the molecule is CC[C@H]1C=C[C@@H](NC(=O)OCc2ccccc2)[C@@H](O[C@H]2[C@@H](O)[C@H](O[C@@H]3[C@@H](O)[C@H](CS(=O)(=O)CCCN=[N+]=[N-])C[C@H](C)[C@H]3O[C@H]3O[C@H](CC)C=C[C@H]3NC(=O)OCc3ccccc3)O[C@@H]2CO)O1.NCCCS(=O)(=O)C[C@@H]1C[C@H](N)[C@@H](O[C@H]2O[C@H](CN)C=C[C@H]2N)[C@H](O[C@@H]2O[C@H](CO)[C@@H](O[C@H]3O[C@@H](CN)C=C[C@H]3N)[C@H]2O)[C@H]1O. The topological polar surface area (TPSA) is 582 Å². The Morgan fingerprint density at radius 1 is 0.518 bits per heavy atom. The van der Waals surface area contributed by atoms with Gasteiger partial charge in [0.15, 0.2) is 57.4 Å². The van der Waals surface area contributed by atoms with Crippen molar-refractivity contribution in [2.45, 2.75) is 238 Å². The molecule has 0 bridgehead atoms. The van der Waals surface area contributed by atoms with Crippen LogP contribution in [0.1, 0.15) is 70.4 Å². The molecule has 0 radical (unpaired) electrons. The van der Waals surface area contributed by atoms with E-state index in [2.05, 4.69) is 20.7 Å². The van der Waals surface area contributed by atoms with E-state index in [4.69, 9.17) is 106 Å². The summed E-state index contributed by atoms with van der Waals surface area (Å²) < 4.78 is 137. The molecule has 2 saturated heterocycles. The van der Waals surface area contributed by atoms with Crippen LogP contribution in [0.5, 0.6) is 0 Å². The van der Waals surface area contributed by atoms with E-state index in [1.54, 1.807) is 55.5 Å². The van der Waals surface area contributed by atoms with Crippen LogP contribution < -0.4 is 45.0 Å². The van der Waals surface area contributed by atoms with Crippen molar-refractivity contribution in [3.05, 3.63) is 131 Å². The van der Waals surface area contributed by atoms with Gasteiger partial charge in [-0.25, -0.2) is 26.4 Å². The number of aliphatic hydroxyl groups is 6. The molecule has 39 heteroatoms. The van der Waals surface area contributed by atoms with Gasteiger partial charge < -0.3 is 142 Å². The zero-order chi connectivity index (χ0) is 80.8. The van der Waals surface area contributed by atoms with E-state index in [-0.39, 0.29) is 82.3 Å². The first-order valence-corrected chi connectivity index (χ1v) is 41.6. The maximum atomic E-state index is 13.4. The lowest BCUT2D eigenvalue weighted by Crippen LogP contribution is -2.63. The molecule has 6 aliphatic heterocycles. The highest BCUT2D eigenvalue weighted by molar-refractivity contribution is 7.91. The largest absolute Gasteiger partial charge is 0.445 e. The van der Waals surface area contributed by atoms with Crippen molar-refractivity contribution in [3.8, 4) is 0 Å². The molecular weight excluding hydrogens is 1510 g/mol. The number of nitrogens with two attached hydrogens (primary N) is 6. The van der Waals surface area contributed by atoms with Gasteiger partial charge in [-0.2, -0.15) is 0 Å². The number of amides is 2. The Morgan fingerprint density at radius 3 is 1.36 bits per heavy atom. The van der Waals surface area contributed by atoms with Crippen molar-refractivity contribution in [3.63, 3.8) is 0 Å². The molecule has 0 unspecified atom stereocenters. The molecule has 2 saturated carbocycles. The normalized spacial score (nSPS) is 37.3. The first-order valence-electron chi connectivity index (χ1n) is 38.0. The number of hydrogen-bond acceptors (Lipinski definition) is 33. The summed E-state index contributed by atoms with van der Waals surface area (Å²) in [6.45, 7) is 4.91. The van der Waals surface area contributed by atoms with E-state index >= 15 is 0 Å². The lowest BCUT2D eigenvalue weighted by Gasteiger charge is -2.46. The van der Waals surface area contributed by atoms with Crippen LogP contribution in [0.4, 0.5) is 9.59 Å². The Hall–Kier alpha value is -5.81. The summed E-state index contributed by atoms with van der Waals surface area (Å²) in [6.07, 6.45) is -10.9. The van der Waals surface area contributed by atoms with Crippen LogP contribution in [-0.4, -0.2) is 288 Å². The molecule has 628 valence electrons. The zero-order valence-electron chi connectivity index (χ0n) is 62.9. The number of carbonyl (C=O) groups is 2. The Bertz CT molecular complexity index is 3640. The first-order chi connectivity index (χ1) is 53.7. The summed E-state index contributed by atoms with van der Waals surface area (Å²) in [6, 6.07) is 14.2. The Morgan fingerprint density at radius 2 is 0.920 bits per heavy atom. The summed E-state index contributed by atoms with van der Waals surface area (Å²) in [4.78, 5) is 28.7. The minimum atomic E-state index is -3.79. The highest BCUT2D eigenvalue weighted by Crippen LogP contribution is 2.41. The molecule has 2 amide bonds. The Kier molecular flexibility index (Phi) is 34.9. The van der Waals surface area contributed by atoms with E-state index in [9.17, 15) is 57.1 Å². The van der Waals surface area contributed by atoms with Crippen LogP contribution >= 0.6 is 0 Å². The third kappa shape index (κ3) is 25.1.